The number of hydrogen-bond acceptors (Lipinski definition) is 4. The predicted octanol–water partition coefficient (Wildman–Crippen LogP) is 2.57. The van der Waals surface area contributed by atoms with Crippen LogP contribution < -0.4 is 5.32 Å². The second-order valence-electron chi connectivity index (χ2n) is 5.29. The van der Waals surface area contributed by atoms with Crippen LogP contribution in [0.5, 0.6) is 0 Å². The van der Waals surface area contributed by atoms with Crippen LogP contribution in [0.2, 0.25) is 0 Å². The summed E-state index contributed by atoms with van der Waals surface area (Å²) in [4.78, 5) is 10.9. The Morgan fingerprint density at radius 3 is 2.48 bits per heavy atom. The fraction of sp³-hybridized carbons (Fsp3) is 0.312. The molecule has 0 radical (unpaired) electrons. The van der Waals surface area contributed by atoms with Crippen LogP contribution in [0.1, 0.15) is 29.4 Å². The van der Waals surface area contributed by atoms with Gasteiger partial charge in [0.05, 0.1) is 12.5 Å². The summed E-state index contributed by atoms with van der Waals surface area (Å²) in [6.45, 7) is 0.446. The van der Waals surface area contributed by atoms with Crippen LogP contribution >= 0.6 is 0 Å². The van der Waals surface area contributed by atoms with Crippen molar-refractivity contribution in [3.63, 3.8) is 0 Å². The van der Waals surface area contributed by atoms with E-state index in [2.05, 4.69) is 5.32 Å². The van der Waals surface area contributed by atoms with Crippen molar-refractivity contribution in [3.05, 3.63) is 53.5 Å². The van der Waals surface area contributed by atoms with Gasteiger partial charge in [-0.1, -0.05) is 12.1 Å². The third-order valence-electron chi connectivity index (χ3n) is 3.79. The largest absolute Gasteiger partial charge is 0.481 e. The van der Waals surface area contributed by atoms with E-state index >= 15 is 0 Å². The molecule has 3 rings (SSSR count). The molecule has 1 saturated carbocycles. The van der Waals surface area contributed by atoms with E-state index in [1.54, 1.807) is 6.07 Å². The highest BCUT2D eigenvalue weighted by Gasteiger charge is 2.43. The van der Waals surface area contributed by atoms with E-state index in [1.165, 1.54) is 0 Å². The normalized spacial score (nSPS) is 20.2. The zero-order valence-electron chi connectivity index (χ0n) is 11.5. The van der Waals surface area contributed by atoms with Crippen molar-refractivity contribution < 1.29 is 19.4 Å². The van der Waals surface area contributed by atoms with E-state index in [0.717, 1.165) is 23.4 Å². The van der Waals surface area contributed by atoms with E-state index < -0.39 is 5.97 Å². The molecular formula is C16H17NO4. The molecule has 2 atom stereocenters. The van der Waals surface area contributed by atoms with Crippen molar-refractivity contribution in [2.24, 2.45) is 5.92 Å². The zero-order valence-corrected chi connectivity index (χ0v) is 11.5. The topological polar surface area (TPSA) is 82.7 Å². The molecule has 21 heavy (non-hydrogen) atoms. The average Bonchev–Trinajstić information content (AvgIpc) is 3.17. The van der Waals surface area contributed by atoms with E-state index in [0.29, 0.717) is 12.3 Å². The van der Waals surface area contributed by atoms with Gasteiger partial charge in [0, 0.05) is 5.69 Å². The van der Waals surface area contributed by atoms with Crippen LogP contribution in [0.3, 0.4) is 0 Å². The molecule has 0 amide bonds. The van der Waals surface area contributed by atoms with Crippen LogP contribution in [0, 0.1) is 5.92 Å². The maximum absolute atomic E-state index is 10.9. The number of carboxylic acids is 1. The van der Waals surface area contributed by atoms with E-state index in [9.17, 15) is 4.79 Å². The average molecular weight is 287 g/mol. The summed E-state index contributed by atoms with van der Waals surface area (Å²) in [6, 6.07) is 11.4. The highest BCUT2D eigenvalue weighted by atomic mass is 16.4. The first-order chi connectivity index (χ1) is 10.2. The number of aliphatic carboxylic acids is 1. The van der Waals surface area contributed by atoms with Crippen LogP contribution in [-0.4, -0.2) is 16.2 Å². The summed E-state index contributed by atoms with van der Waals surface area (Å²) in [5, 5.41) is 21.1. The number of aliphatic hydroxyl groups excluding tert-OH is 1. The molecule has 0 aliphatic heterocycles. The maximum atomic E-state index is 10.9. The lowest BCUT2D eigenvalue weighted by atomic mass is 10.1. The Morgan fingerprint density at radius 1 is 1.19 bits per heavy atom. The number of furan rings is 1. The molecule has 0 unspecified atom stereocenters. The van der Waals surface area contributed by atoms with E-state index in [1.807, 2.05) is 30.3 Å². The van der Waals surface area contributed by atoms with Crippen molar-refractivity contribution in [1.82, 2.24) is 0 Å². The summed E-state index contributed by atoms with van der Waals surface area (Å²) in [7, 11) is 0. The first kappa shape index (κ1) is 13.7. The van der Waals surface area contributed by atoms with Crippen molar-refractivity contribution in [2.45, 2.75) is 25.5 Å². The molecule has 1 aliphatic carbocycles. The first-order valence-corrected chi connectivity index (χ1v) is 6.92. The Labute approximate surface area is 122 Å². The molecule has 1 aromatic carbocycles. The first-order valence-electron chi connectivity index (χ1n) is 6.92. The number of hydrogen-bond donors (Lipinski definition) is 3. The number of carboxylic acid groups (broad SMARTS) is 1. The van der Waals surface area contributed by atoms with Crippen LogP contribution in [-0.2, 0) is 17.9 Å². The van der Waals surface area contributed by atoms with Gasteiger partial charge >= 0.3 is 5.97 Å². The third kappa shape index (κ3) is 3.08. The second kappa shape index (κ2) is 5.61. The number of benzene rings is 1. The molecule has 1 fully saturated rings. The van der Waals surface area contributed by atoms with Gasteiger partial charge in [0.15, 0.2) is 0 Å². The summed E-state index contributed by atoms with van der Waals surface area (Å²) >= 11 is 0. The minimum atomic E-state index is -0.709. The van der Waals surface area contributed by atoms with Crippen molar-refractivity contribution in [1.29, 1.82) is 0 Å². The Balaban J connectivity index is 1.56. The molecule has 0 spiro atoms. The minimum Gasteiger partial charge on any atom is -0.481 e. The summed E-state index contributed by atoms with van der Waals surface area (Å²) < 4.78 is 5.39. The maximum Gasteiger partial charge on any atom is 0.307 e. The molecule has 3 N–H and O–H groups in total. The Bertz CT molecular complexity index is 632. The highest BCUT2D eigenvalue weighted by molar-refractivity contribution is 5.75. The fourth-order valence-electron chi connectivity index (χ4n) is 2.48. The lowest BCUT2D eigenvalue weighted by molar-refractivity contribution is -0.138. The van der Waals surface area contributed by atoms with Gasteiger partial charge in [-0.05, 0) is 42.2 Å². The summed E-state index contributed by atoms with van der Waals surface area (Å²) in [5.74, 6) is 0.545. The Hall–Kier alpha value is -2.27. The number of nitrogens with one attached hydrogen (secondary N) is 1. The molecular weight excluding hydrogens is 270 g/mol. The smallest absolute Gasteiger partial charge is 0.307 e. The van der Waals surface area contributed by atoms with Crippen molar-refractivity contribution in [3.8, 4) is 0 Å². The predicted molar refractivity (Wildman–Crippen MR) is 76.9 cm³/mol. The minimum absolute atomic E-state index is 0.0964. The number of carbonyl (C=O) groups is 1. The Kier molecular flexibility index (Phi) is 3.66. The molecule has 1 aliphatic rings. The van der Waals surface area contributed by atoms with Crippen molar-refractivity contribution >= 4 is 11.7 Å². The van der Waals surface area contributed by atoms with Gasteiger partial charge in [-0.3, -0.25) is 4.79 Å². The van der Waals surface area contributed by atoms with Gasteiger partial charge in [0.1, 0.15) is 18.1 Å². The molecule has 1 heterocycles. The fourth-order valence-corrected chi connectivity index (χ4v) is 2.48. The molecule has 1 aromatic heterocycles. The number of anilines is 1. The van der Waals surface area contributed by atoms with E-state index in [4.69, 9.17) is 14.6 Å². The van der Waals surface area contributed by atoms with Crippen LogP contribution in [0.25, 0.3) is 0 Å². The summed E-state index contributed by atoms with van der Waals surface area (Å²) in [6.07, 6.45) is 0.735. The number of aliphatic hydroxyl groups is 1. The van der Waals surface area contributed by atoms with Gasteiger partial charge in [-0.25, -0.2) is 0 Å². The van der Waals surface area contributed by atoms with Gasteiger partial charge in [0.25, 0.3) is 0 Å². The van der Waals surface area contributed by atoms with Gasteiger partial charge < -0.3 is 19.9 Å². The molecule has 5 nitrogen and oxygen atoms in total. The zero-order chi connectivity index (χ0) is 14.8. The number of rotatable bonds is 6. The lowest BCUT2D eigenvalue weighted by Crippen LogP contribution is -2.00. The van der Waals surface area contributed by atoms with Crippen LogP contribution in [0.4, 0.5) is 5.69 Å². The summed E-state index contributed by atoms with van der Waals surface area (Å²) in [5.41, 5.74) is 2.03. The molecule has 0 bridgehead atoms. The third-order valence-corrected chi connectivity index (χ3v) is 3.79. The molecule has 110 valence electrons. The van der Waals surface area contributed by atoms with Gasteiger partial charge in [-0.2, -0.15) is 0 Å². The second-order valence-corrected chi connectivity index (χ2v) is 5.29. The molecule has 2 aromatic rings. The standard InChI is InChI=1S/C16H17NO4/c18-9-13-6-5-12(21-13)8-17-11-3-1-10(2-4-11)14-7-15(14)16(19)20/h1-6,14-15,17-18H,7-9H2,(H,19,20)/t14-,15+/m0/s1. The highest BCUT2D eigenvalue weighted by Crippen LogP contribution is 2.47. The quantitative estimate of drug-likeness (QED) is 0.760. The molecule has 0 saturated heterocycles. The van der Waals surface area contributed by atoms with E-state index in [-0.39, 0.29) is 18.4 Å². The SMILES string of the molecule is O=C(O)[C@@H]1C[C@H]1c1ccc(NCc2ccc(CO)o2)cc1. The van der Waals surface area contributed by atoms with Crippen LogP contribution in [0.15, 0.2) is 40.8 Å². The van der Waals surface area contributed by atoms with Gasteiger partial charge in [0.2, 0.25) is 0 Å². The lowest BCUT2D eigenvalue weighted by Gasteiger charge is -2.06. The monoisotopic (exact) mass is 287 g/mol. The van der Waals surface area contributed by atoms with Gasteiger partial charge in [-0.15, -0.1) is 0 Å². The van der Waals surface area contributed by atoms with Crippen molar-refractivity contribution in [2.75, 3.05) is 5.32 Å². The molecule has 5 heteroatoms. The Morgan fingerprint density at radius 2 is 1.90 bits per heavy atom.